The van der Waals surface area contributed by atoms with E-state index in [0.29, 0.717) is 38.2 Å². The quantitative estimate of drug-likeness (QED) is 0.681. The Morgan fingerprint density at radius 2 is 2.19 bits per heavy atom. The van der Waals surface area contributed by atoms with Gasteiger partial charge in [-0.2, -0.15) is 4.39 Å². The molecule has 0 aliphatic carbocycles. The molecule has 9 heteroatoms. The van der Waals surface area contributed by atoms with Crippen molar-refractivity contribution >= 4 is 11.6 Å². The molecule has 1 unspecified atom stereocenters. The van der Waals surface area contributed by atoms with Crippen molar-refractivity contribution in [3.8, 4) is 0 Å². The number of carbonyl (C=O) groups excluding carboxylic acids is 1. The predicted molar refractivity (Wildman–Crippen MR) is 120 cm³/mol. The Labute approximate surface area is 186 Å². The molecule has 2 atom stereocenters. The maximum Gasteiger partial charge on any atom is 0.269 e. The normalized spacial score (nSPS) is 21.3. The summed E-state index contributed by atoms with van der Waals surface area (Å²) in [5.41, 5.74) is 3.31. The van der Waals surface area contributed by atoms with Gasteiger partial charge in [-0.1, -0.05) is 6.92 Å². The van der Waals surface area contributed by atoms with Gasteiger partial charge in [0.15, 0.2) is 0 Å². The van der Waals surface area contributed by atoms with Gasteiger partial charge in [-0.25, -0.2) is 4.98 Å². The number of pyridine rings is 2. The zero-order chi connectivity index (χ0) is 22.8. The molecule has 0 saturated carbocycles. The van der Waals surface area contributed by atoms with E-state index in [-0.39, 0.29) is 23.4 Å². The number of H-pyrrole nitrogens is 1. The molecule has 0 bridgehead atoms. The van der Waals surface area contributed by atoms with Gasteiger partial charge in [-0.3, -0.25) is 14.5 Å². The van der Waals surface area contributed by atoms with Crippen LogP contribution in [0.1, 0.15) is 41.2 Å². The van der Waals surface area contributed by atoms with Gasteiger partial charge in [0, 0.05) is 56.9 Å². The summed E-state index contributed by atoms with van der Waals surface area (Å²) in [5.74, 6) is -1.04. The number of piperazine rings is 1. The summed E-state index contributed by atoms with van der Waals surface area (Å²) < 4.78 is 20.6. The minimum Gasteiger partial charge on any atom is -0.372 e. The van der Waals surface area contributed by atoms with Crippen molar-refractivity contribution < 1.29 is 13.9 Å². The Balaban J connectivity index is 1.38. The summed E-state index contributed by atoms with van der Waals surface area (Å²) in [6.45, 7) is 7.41. The van der Waals surface area contributed by atoms with Crippen molar-refractivity contribution in [2.45, 2.75) is 45.4 Å². The van der Waals surface area contributed by atoms with Crippen LogP contribution >= 0.6 is 0 Å². The van der Waals surface area contributed by atoms with Gasteiger partial charge < -0.3 is 19.9 Å². The van der Waals surface area contributed by atoms with E-state index >= 15 is 0 Å². The predicted octanol–water partition coefficient (Wildman–Crippen LogP) is 1.48. The maximum atomic E-state index is 14.6. The number of nitrogens with one attached hydrogen (secondary N) is 2. The second-order valence-corrected chi connectivity index (χ2v) is 8.49. The molecule has 2 aliphatic heterocycles. The number of anilines is 1. The number of halogens is 1. The smallest absolute Gasteiger partial charge is 0.269 e. The van der Waals surface area contributed by atoms with E-state index in [9.17, 15) is 14.0 Å². The molecule has 4 heterocycles. The first-order valence-electron chi connectivity index (χ1n) is 11.1. The summed E-state index contributed by atoms with van der Waals surface area (Å²) in [7, 11) is 1.49. The van der Waals surface area contributed by atoms with E-state index in [1.807, 2.05) is 17.9 Å². The van der Waals surface area contributed by atoms with Crippen LogP contribution in [-0.4, -0.2) is 66.1 Å². The highest BCUT2D eigenvalue weighted by molar-refractivity contribution is 5.92. The van der Waals surface area contributed by atoms with E-state index in [1.165, 1.54) is 7.05 Å². The highest BCUT2D eigenvalue weighted by atomic mass is 19.1. The molecule has 32 heavy (non-hydrogen) atoms. The van der Waals surface area contributed by atoms with Gasteiger partial charge in [0.1, 0.15) is 5.69 Å². The van der Waals surface area contributed by atoms with E-state index < -0.39 is 11.9 Å². The van der Waals surface area contributed by atoms with Crippen molar-refractivity contribution in [2.24, 2.45) is 0 Å². The third-order valence-electron chi connectivity index (χ3n) is 6.41. The topological polar surface area (TPSA) is 90.6 Å². The van der Waals surface area contributed by atoms with Crippen LogP contribution in [0.5, 0.6) is 0 Å². The second kappa shape index (κ2) is 9.38. The van der Waals surface area contributed by atoms with E-state index in [0.717, 1.165) is 29.9 Å². The summed E-state index contributed by atoms with van der Waals surface area (Å²) in [5, 5.41) is 2.45. The van der Waals surface area contributed by atoms with Crippen molar-refractivity contribution in [1.29, 1.82) is 0 Å². The highest BCUT2D eigenvalue weighted by Gasteiger charge is 2.30. The lowest BCUT2D eigenvalue weighted by Gasteiger charge is -2.42. The van der Waals surface area contributed by atoms with Crippen molar-refractivity contribution in [2.75, 3.05) is 38.1 Å². The molecule has 2 N–H and O–H groups in total. The van der Waals surface area contributed by atoms with E-state index in [4.69, 9.17) is 4.74 Å². The lowest BCUT2D eigenvalue weighted by Crippen LogP contribution is -2.54. The molecule has 1 amide bonds. The molecule has 4 rings (SSSR count). The monoisotopic (exact) mass is 443 g/mol. The molecule has 2 aromatic heterocycles. The van der Waals surface area contributed by atoms with Crippen molar-refractivity contribution in [1.82, 2.24) is 20.2 Å². The third-order valence-corrected chi connectivity index (χ3v) is 6.41. The van der Waals surface area contributed by atoms with Gasteiger partial charge >= 0.3 is 0 Å². The van der Waals surface area contributed by atoms with E-state index in [2.05, 4.69) is 27.1 Å². The standard InChI is InChI=1S/C23H30FN5O3/c1-4-15-9-16-13-32-17(10-19(16)27-22(15)30)12-28-7-8-29(11-14(28)2)20-6-5-18(23(31)25-3)26-21(20)24/h5-6,9,14,17H,4,7-8,10-13H2,1-3H3,(H,25,31)(H,27,30)/t14-,17?/m1/s1. The zero-order valence-electron chi connectivity index (χ0n) is 18.8. The number of fused-ring (bicyclic) bond motifs is 1. The summed E-state index contributed by atoms with van der Waals surface area (Å²) in [4.78, 5) is 35.0. The van der Waals surface area contributed by atoms with Crippen molar-refractivity contribution in [3.05, 3.63) is 57.0 Å². The molecule has 2 aromatic rings. The summed E-state index contributed by atoms with van der Waals surface area (Å²) in [6.07, 6.45) is 1.39. The van der Waals surface area contributed by atoms with Gasteiger partial charge in [0.2, 0.25) is 5.95 Å². The minimum absolute atomic E-state index is 0.00451. The van der Waals surface area contributed by atoms with Gasteiger partial charge in [0.25, 0.3) is 11.5 Å². The number of aryl methyl sites for hydroxylation is 1. The number of hydrogen-bond acceptors (Lipinski definition) is 6. The van der Waals surface area contributed by atoms with Crippen LogP contribution in [0.25, 0.3) is 0 Å². The first-order chi connectivity index (χ1) is 15.4. The Kier molecular flexibility index (Phi) is 6.57. The average molecular weight is 444 g/mol. The fourth-order valence-electron chi connectivity index (χ4n) is 4.51. The number of amides is 1. The molecule has 1 fully saturated rings. The van der Waals surface area contributed by atoms with Crippen LogP contribution in [0.4, 0.5) is 10.1 Å². The van der Waals surface area contributed by atoms with Crippen LogP contribution in [0.2, 0.25) is 0 Å². The molecule has 0 aromatic carbocycles. The van der Waals surface area contributed by atoms with Crippen LogP contribution < -0.4 is 15.8 Å². The fraction of sp³-hybridized carbons (Fsp3) is 0.522. The van der Waals surface area contributed by atoms with Crippen LogP contribution in [0, 0.1) is 5.95 Å². The number of carbonyl (C=O) groups is 1. The largest absolute Gasteiger partial charge is 0.372 e. The molecular formula is C23H30FN5O3. The zero-order valence-corrected chi connectivity index (χ0v) is 18.8. The number of hydrogen-bond donors (Lipinski definition) is 2. The van der Waals surface area contributed by atoms with Crippen molar-refractivity contribution in [3.63, 3.8) is 0 Å². The molecular weight excluding hydrogens is 413 g/mol. The highest BCUT2D eigenvalue weighted by Crippen LogP contribution is 2.24. The number of rotatable bonds is 5. The number of aromatic amines is 1. The SMILES string of the molecule is CCc1cc2c([nH]c1=O)CC(CN1CCN(c3ccc(C(=O)NC)nc3F)C[C@H]1C)OC2. The van der Waals surface area contributed by atoms with E-state index in [1.54, 1.807) is 12.1 Å². The molecule has 172 valence electrons. The van der Waals surface area contributed by atoms with Crippen LogP contribution in [0.15, 0.2) is 23.0 Å². The first-order valence-corrected chi connectivity index (χ1v) is 11.1. The molecule has 8 nitrogen and oxygen atoms in total. The lowest BCUT2D eigenvalue weighted by atomic mass is 10.0. The Bertz CT molecular complexity index is 1060. The fourth-order valence-corrected chi connectivity index (χ4v) is 4.51. The molecule has 0 radical (unpaired) electrons. The van der Waals surface area contributed by atoms with Gasteiger partial charge in [-0.15, -0.1) is 0 Å². The molecule has 0 spiro atoms. The summed E-state index contributed by atoms with van der Waals surface area (Å²) >= 11 is 0. The van der Waals surface area contributed by atoms with Crippen LogP contribution in [0.3, 0.4) is 0 Å². The minimum atomic E-state index is -0.630. The second-order valence-electron chi connectivity index (χ2n) is 8.49. The Morgan fingerprint density at radius 1 is 1.38 bits per heavy atom. The van der Waals surface area contributed by atoms with Crippen LogP contribution in [-0.2, 0) is 24.2 Å². The molecule has 2 aliphatic rings. The Hall–Kier alpha value is -2.78. The first kappa shape index (κ1) is 22.4. The van der Waals surface area contributed by atoms with Gasteiger partial charge in [-0.05, 0) is 37.1 Å². The Morgan fingerprint density at radius 3 is 2.88 bits per heavy atom. The summed E-state index contributed by atoms with van der Waals surface area (Å²) in [6, 6.07) is 5.32. The molecule has 1 saturated heterocycles. The lowest BCUT2D eigenvalue weighted by molar-refractivity contribution is -0.00539. The van der Waals surface area contributed by atoms with Gasteiger partial charge in [0.05, 0.1) is 18.4 Å². The number of ether oxygens (including phenoxy) is 1. The third kappa shape index (κ3) is 4.54. The average Bonchev–Trinajstić information content (AvgIpc) is 2.79. The number of aromatic nitrogens is 2. The number of nitrogens with zero attached hydrogens (tertiary/aromatic N) is 3. The maximum absolute atomic E-state index is 14.6.